The normalized spacial score (nSPS) is 22.2. The Kier molecular flexibility index (Phi) is 4.46. The average Bonchev–Trinajstić information content (AvgIpc) is 3.15. The number of rotatable bonds is 4. The first-order valence-corrected chi connectivity index (χ1v) is 9.42. The van der Waals surface area contributed by atoms with Crippen LogP contribution in [0.5, 0.6) is 0 Å². The van der Waals surface area contributed by atoms with Crippen molar-refractivity contribution in [2.45, 2.75) is 45.8 Å². The number of thiazole rings is 1. The molecular weight excluding hydrogens is 308 g/mol. The summed E-state index contributed by atoms with van der Waals surface area (Å²) in [5.41, 5.74) is 4.92. The fraction of sp³-hybridized carbons (Fsp3) is 0.647. The zero-order chi connectivity index (χ0) is 15.6. The summed E-state index contributed by atoms with van der Waals surface area (Å²) >= 11 is 1.80. The van der Waals surface area contributed by atoms with Crippen LogP contribution in [0.25, 0.3) is 0 Å². The number of aromatic amines is 1. The smallest absolute Gasteiger partial charge is 0.0931 e. The van der Waals surface area contributed by atoms with Crippen LogP contribution >= 0.6 is 11.3 Å². The lowest BCUT2D eigenvalue weighted by Gasteiger charge is -2.32. The highest BCUT2D eigenvalue weighted by atomic mass is 32.1. The van der Waals surface area contributed by atoms with Crippen molar-refractivity contribution in [3.05, 3.63) is 33.0 Å². The molecule has 0 saturated carbocycles. The van der Waals surface area contributed by atoms with Crippen molar-refractivity contribution in [1.82, 2.24) is 20.1 Å². The summed E-state index contributed by atoms with van der Waals surface area (Å²) in [6.07, 6.45) is 4.68. The molecule has 1 fully saturated rings. The van der Waals surface area contributed by atoms with Crippen LogP contribution in [0.4, 0.5) is 0 Å². The fourth-order valence-corrected chi connectivity index (χ4v) is 4.61. The number of aromatic nitrogens is 3. The largest absolute Gasteiger partial charge is 0.376 e. The number of ether oxygens (including phenoxy) is 1. The standard InChI is InChI=1S/C17H24N4OS/c1-12-11-23-17(18-12)7-13-3-2-5-21(8-13)9-16-14-10-22-6-4-15(14)19-20-16/h11,13H,2-10H2,1H3,(H,19,20). The molecule has 0 bridgehead atoms. The summed E-state index contributed by atoms with van der Waals surface area (Å²) < 4.78 is 5.60. The molecular formula is C17H24N4OS. The van der Waals surface area contributed by atoms with E-state index in [1.165, 1.54) is 41.3 Å². The molecule has 4 heterocycles. The third-order valence-corrected chi connectivity index (χ3v) is 5.88. The first kappa shape index (κ1) is 15.3. The quantitative estimate of drug-likeness (QED) is 0.935. The lowest BCUT2D eigenvalue weighted by Crippen LogP contribution is -2.36. The molecule has 1 atom stereocenters. The Labute approximate surface area is 141 Å². The Morgan fingerprint density at radius 3 is 3.30 bits per heavy atom. The van der Waals surface area contributed by atoms with E-state index in [0.717, 1.165) is 50.8 Å². The van der Waals surface area contributed by atoms with Crippen molar-refractivity contribution in [3.8, 4) is 0 Å². The van der Waals surface area contributed by atoms with Crippen molar-refractivity contribution in [2.75, 3.05) is 19.7 Å². The minimum Gasteiger partial charge on any atom is -0.376 e. The van der Waals surface area contributed by atoms with Crippen molar-refractivity contribution in [3.63, 3.8) is 0 Å². The lowest BCUT2D eigenvalue weighted by atomic mass is 9.94. The molecule has 0 amide bonds. The van der Waals surface area contributed by atoms with Crippen LogP contribution < -0.4 is 0 Å². The molecule has 124 valence electrons. The number of fused-ring (bicyclic) bond motifs is 1. The van der Waals surface area contributed by atoms with E-state index in [0.29, 0.717) is 0 Å². The van der Waals surface area contributed by atoms with Gasteiger partial charge in [0.1, 0.15) is 0 Å². The van der Waals surface area contributed by atoms with E-state index in [2.05, 4.69) is 32.4 Å². The number of H-pyrrole nitrogens is 1. The van der Waals surface area contributed by atoms with Crippen LogP contribution in [0.15, 0.2) is 5.38 Å². The van der Waals surface area contributed by atoms with Gasteiger partial charge in [-0.15, -0.1) is 11.3 Å². The second-order valence-electron chi connectivity index (χ2n) is 6.76. The van der Waals surface area contributed by atoms with E-state index < -0.39 is 0 Å². The Bertz CT molecular complexity index is 665. The van der Waals surface area contributed by atoms with Crippen molar-refractivity contribution in [2.24, 2.45) is 5.92 Å². The number of nitrogens with zero attached hydrogens (tertiary/aromatic N) is 3. The summed E-state index contributed by atoms with van der Waals surface area (Å²) in [5.74, 6) is 0.723. The SMILES string of the molecule is Cc1csc(CC2CCCN(Cc3n[nH]c4c3COCC4)C2)n1. The van der Waals surface area contributed by atoms with Crippen molar-refractivity contribution >= 4 is 11.3 Å². The van der Waals surface area contributed by atoms with Crippen molar-refractivity contribution < 1.29 is 4.74 Å². The van der Waals surface area contributed by atoms with E-state index in [1.54, 1.807) is 11.3 Å². The molecule has 0 radical (unpaired) electrons. The Morgan fingerprint density at radius 2 is 2.43 bits per heavy atom. The van der Waals surface area contributed by atoms with Gasteiger partial charge in [0, 0.05) is 48.3 Å². The number of likely N-dealkylation sites (tertiary alicyclic amines) is 1. The van der Waals surface area contributed by atoms with Gasteiger partial charge in [0.2, 0.25) is 0 Å². The van der Waals surface area contributed by atoms with Crippen LogP contribution in [0, 0.1) is 12.8 Å². The van der Waals surface area contributed by atoms with Gasteiger partial charge >= 0.3 is 0 Å². The van der Waals surface area contributed by atoms with E-state index >= 15 is 0 Å². The molecule has 1 N–H and O–H groups in total. The fourth-order valence-electron chi connectivity index (χ4n) is 3.72. The third-order valence-electron chi connectivity index (χ3n) is 4.89. The molecule has 2 aliphatic rings. The number of piperidine rings is 1. The molecule has 1 saturated heterocycles. The Balaban J connectivity index is 1.38. The first-order chi connectivity index (χ1) is 11.3. The first-order valence-electron chi connectivity index (χ1n) is 8.54. The maximum Gasteiger partial charge on any atom is 0.0931 e. The van der Waals surface area contributed by atoms with Crippen LogP contribution in [-0.2, 0) is 30.7 Å². The molecule has 5 nitrogen and oxygen atoms in total. The van der Waals surface area contributed by atoms with E-state index in [1.807, 2.05) is 0 Å². The maximum absolute atomic E-state index is 5.60. The Morgan fingerprint density at radius 1 is 1.48 bits per heavy atom. The summed E-state index contributed by atoms with van der Waals surface area (Å²) in [6, 6.07) is 0. The Hall–Kier alpha value is -1.24. The predicted octanol–water partition coefficient (Wildman–Crippen LogP) is 2.70. The molecule has 0 aromatic carbocycles. The summed E-state index contributed by atoms with van der Waals surface area (Å²) in [6.45, 7) is 6.89. The van der Waals surface area contributed by atoms with Crippen molar-refractivity contribution in [1.29, 1.82) is 0 Å². The van der Waals surface area contributed by atoms with E-state index in [-0.39, 0.29) is 0 Å². The second kappa shape index (κ2) is 6.71. The predicted molar refractivity (Wildman–Crippen MR) is 90.5 cm³/mol. The molecule has 2 aliphatic heterocycles. The van der Waals surface area contributed by atoms with Crippen LogP contribution in [0.3, 0.4) is 0 Å². The van der Waals surface area contributed by atoms with Gasteiger partial charge in [0.25, 0.3) is 0 Å². The maximum atomic E-state index is 5.60. The molecule has 2 aromatic heterocycles. The minimum absolute atomic E-state index is 0.719. The molecule has 4 rings (SSSR count). The highest BCUT2D eigenvalue weighted by Crippen LogP contribution is 2.25. The number of aryl methyl sites for hydroxylation is 1. The zero-order valence-corrected chi connectivity index (χ0v) is 14.5. The summed E-state index contributed by atoms with van der Waals surface area (Å²) in [7, 11) is 0. The minimum atomic E-state index is 0.719. The lowest BCUT2D eigenvalue weighted by molar-refractivity contribution is 0.108. The molecule has 0 aliphatic carbocycles. The monoisotopic (exact) mass is 332 g/mol. The summed E-state index contributed by atoms with van der Waals surface area (Å²) in [5, 5.41) is 11.2. The average molecular weight is 332 g/mol. The van der Waals surface area contributed by atoms with Crippen LogP contribution in [-0.4, -0.2) is 39.8 Å². The highest BCUT2D eigenvalue weighted by Gasteiger charge is 2.24. The summed E-state index contributed by atoms with van der Waals surface area (Å²) in [4.78, 5) is 7.18. The van der Waals surface area contributed by atoms with Gasteiger partial charge in [-0.3, -0.25) is 10.00 Å². The molecule has 1 unspecified atom stereocenters. The highest BCUT2D eigenvalue weighted by molar-refractivity contribution is 7.09. The number of hydrogen-bond donors (Lipinski definition) is 1. The molecule has 23 heavy (non-hydrogen) atoms. The molecule has 2 aromatic rings. The van der Waals surface area contributed by atoms with Gasteiger partial charge in [-0.05, 0) is 32.2 Å². The number of nitrogens with one attached hydrogen (secondary N) is 1. The topological polar surface area (TPSA) is 54.0 Å². The molecule has 6 heteroatoms. The van der Waals surface area contributed by atoms with Gasteiger partial charge in [0.05, 0.1) is 23.9 Å². The van der Waals surface area contributed by atoms with Crippen LogP contribution in [0.2, 0.25) is 0 Å². The molecule has 0 spiro atoms. The van der Waals surface area contributed by atoms with Gasteiger partial charge in [0.15, 0.2) is 0 Å². The van der Waals surface area contributed by atoms with Gasteiger partial charge in [-0.2, -0.15) is 5.10 Å². The third kappa shape index (κ3) is 3.49. The van der Waals surface area contributed by atoms with Gasteiger partial charge < -0.3 is 4.74 Å². The van der Waals surface area contributed by atoms with Crippen LogP contribution in [0.1, 0.15) is 40.5 Å². The zero-order valence-electron chi connectivity index (χ0n) is 13.7. The van der Waals surface area contributed by atoms with E-state index in [9.17, 15) is 0 Å². The van der Waals surface area contributed by atoms with Gasteiger partial charge in [-0.1, -0.05) is 0 Å². The van der Waals surface area contributed by atoms with E-state index in [4.69, 9.17) is 4.74 Å². The number of hydrogen-bond acceptors (Lipinski definition) is 5. The van der Waals surface area contributed by atoms with Gasteiger partial charge in [-0.25, -0.2) is 4.98 Å². The second-order valence-corrected chi connectivity index (χ2v) is 7.70.